The van der Waals surface area contributed by atoms with Crippen LogP contribution in [-0.2, 0) is 35.5 Å². The summed E-state index contributed by atoms with van der Waals surface area (Å²) >= 11 is 0. The Kier molecular flexibility index (Phi) is 8.47. The van der Waals surface area contributed by atoms with Crippen molar-refractivity contribution in [2.24, 2.45) is 0 Å². The van der Waals surface area contributed by atoms with Crippen LogP contribution in [0, 0.1) is 14.1 Å². The van der Waals surface area contributed by atoms with Crippen LogP contribution >= 0.6 is 0 Å². The van der Waals surface area contributed by atoms with Gasteiger partial charge >= 0.3 is 0 Å². The van der Waals surface area contributed by atoms with Gasteiger partial charge in [0.25, 0.3) is 0 Å². The molecule has 2 N–H and O–H groups in total. The van der Waals surface area contributed by atoms with Crippen LogP contribution in [0.25, 0.3) is 0 Å². The van der Waals surface area contributed by atoms with Crippen molar-refractivity contribution in [1.29, 1.82) is 0 Å². The molecule has 0 bridgehead atoms. The van der Waals surface area contributed by atoms with Gasteiger partial charge in [0.1, 0.15) is 12.9 Å². The van der Waals surface area contributed by atoms with Crippen LogP contribution in [0.3, 0.4) is 0 Å². The molecule has 1 aromatic heterocycles. The molecule has 2 aliphatic heterocycles. The normalized spacial score (nSPS) is 18.6. The number of hydrogen-bond acceptors (Lipinski definition) is 7. The molecule has 0 saturated heterocycles. The first-order valence-corrected chi connectivity index (χ1v) is 7.61. The van der Waals surface area contributed by atoms with Crippen molar-refractivity contribution >= 4 is 0 Å². The molecular formula is C17H25AgN5O2-2. The van der Waals surface area contributed by atoms with Gasteiger partial charge in [0.05, 0.1) is 24.7 Å². The molecule has 3 heterocycles. The minimum absolute atomic E-state index is 0. The molecule has 1 atom stereocenters. The molecule has 0 spiro atoms. The number of pyridine rings is 1. The van der Waals surface area contributed by atoms with E-state index in [2.05, 4.69) is 4.90 Å². The molecule has 0 fully saturated rings. The molecule has 1 aromatic rings. The third-order valence-corrected chi connectivity index (χ3v) is 4.04. The molecule has 0 amide bonds. The quantitative estimate of drug-likeness (QED) is 0.508. The molecule has 7 nitrogen and oxygen atoms in total. The van der Waals surface area contributed by atoms with Crippen molar-refractivity contribution in [1.82, 2.24) is 24.6 Å². The Bertz CT molecular complexity index is 598. The summed E-state index contributed by atoms with van der Waals surface area (Å²) in [6, 6.07) is 6.01. The second-order valence-corrected chi connectivity index (χ2v) is 5.62. The summed E-state index contributed by atoms with van der Waals surface area (Å²) in [6.45, 7) is 5.24. The Balaban J connectivity index is 0.00000156. The van der Waals surface area contributed by atoms with E-state index in [1.807, 2.05) is 66.4 Å². The van der Waals surface area contributed by atoms with E-state index in [9.17, 15) is 5.11 Å². The molecule has 0 aromatic carbocycles. The first-order chi connectivity index (χ1) is 11.2. The number of aliphatic hydroxyl groups is 2. The van der Waals surface area contributed by atoms with Crippen molar-refractivity contribution < 1.29 is 32.6 Å². The predicted molar refractivity (Wildman–Crippen MR) is 91.6 cm³/mol. The SMILES string of the molecule is CC1N(CO)C=CN1Cc1cccc(CN2C=CN(CO)[CH-]2)n1.[Ag].[CH3-]. The summed E-state index contributed by atoms with van der Waals surface area (Å²) in [7, 11) is 0. The summed E-state index contributed by atoms with van der Waals surface area (Å²) < 4.78 is 0. The Morgan fingerprint density at radius 1 is 0.960 bits per heavy atom. The van der Waals surface area contributed by atoms with Gasteiger partial charge in [-0.25, -0.2) is 0 Å². The molecule has 0 aliphatic carbocycles. The molecular weight excluding hydrogens is 414 g/mol. The maximum atomic E-state index is 9.26. The minimum atomic E-state index is -0.0268. The van der Waals surface area contributed by atoms with Gasteiger partial charge in [-0.15, -0.1) is 0 Å². The van der Waals surface area contributed by atoms with Gasteiger partial charge in [0.15, 0.2) is 0 Å². The second kappa shape index (κ2) is 9.84. The van der Waals surface area contributed by atoms with Gasteiger partial charge in [0.2, 0.25) is 0 Å². The Morgan fingerprint density at radius 3 is 2.20 bits per heavy atom. The molecule has 8 heteroatoms. The van der Waals surface area contributed by atoms with Crippen molar-refractivity contribution in [2.75, 3.05) is 13.5 Å². The zero-order valence-corrected chi connectivity index (χ0v) is 15.9. The summed E-state index contributed by atoms with van der Waals surface area (Å²) in [4.78, 5) is 12.4. The van der Waals surface area contributed by atoms with Crippen molar-refractivity contribution in [3.63, 3.8) is 0 Å². The van der Waals surface area contributed by atoms with Crippen LogP contribution in [0.5, 0.6) is 0 Å². The maximum absolute atomic E-state index is 9.26. The van der Waals surface area contributed by atoms with Crippen LogP contribution < -0.4 is 0 Å². The standard InChI is InChI=1S/C16H22N5O2.CH3.Ag/c1-14-20(7-8-21(14)13-23)10-16-4-2-3-15(17-16)9-18-5-6-19(11-18)12-22;;/h2-8,11,14,22-23H,9-10,12-13H2,1H3;1H3;/q2*-1;. The summed E-state index contributed by atoms with van der Waals surface area (Å²) in [5.41, 5.74) is 1.96. The smallest absolute Gasteiger partial charge is 0.117 e. The topological polar surface area (TPSA) is 66.3 Å². The molecule has 1 radical (unpaired) electrons. The van der Waals surface area contributed by atoms with Gasteiger partial charge in [-0.3, -0.25) is 4.98 Å². The van der Waals surface area contributed by atoms with Crippen LogP contribution in [0.1, 0.15) is 18.3 Å². The largest absolute Gasteiger partial charge is 0.503 e. The Hall–Kier alpha value is -1.51. The molecule has 1 unspecified atom stereocenters. The van der Waals surface area contributed by atoms with Crippen molar-refractivity contribution in [3.8, 4) is 0 Å². The van der Waals surface area contributed by atoms with E-state index in [1.54, 1.807) is 4.90 Å². The van der Waals surface area contributed by atoms with Gasteiger partial charge in [-0.1, -0.05) is 6.07 Å². The fourth-order valence-corrected chi connectivity index (χ4v) is 2.66. The van der Waals surface area contributed by atoms with E-state index >= 15 is 0 Å². The third-order valence-electron chi connectivity index (χ3n) is 4.04. The fourth-order valence-electron chi connectivity index (χ4n) is 2.66. The Morgan fingerprint density at radius 2 is 1.60 bits per heavy atom. The molecule has 3 rings (SSSR count). The predicted octanol–water partition coefficient (Wildman–Crippen LogP) is 1.07. The summed E-state index contributed by atoms with van der Waals surface area (Å²) in [5, 5.41) is 18.3. The third kappa shape index (κ3) is 5.23. The van der Waals surface area contributed by atoms with E-state index < -0.39 is 0 Å². The second-order valence-electron chi connectivity index (χ2n) is 5.62. The molecule has 0 saturated carbocycles. The number of hydrogen-bond donors (Lipinski definition) is 2. The van der Waals surface area contributed by atoms with Crippen LogP contribution in [0.15, 0.2) is 43.0 Å². The molecule has 25 heavy (non-hydrogen) atoms. The zero-order valence-electron chi connectivity index (χ0n) is 14.5. The molecule has 2 aliphatic rings. The number of aromatic nitrogens is 1. The van der Waals surface area contributed by atoms with E-state index in [0.29, 0.717) is 13.1 Å². The van der Waals surface area contributed by atoms with Crippen LogP contribution in [-0.4, -0.2) is 54.4 Å². The summed E-state index contributed by atoms with van der Waals surface area (Å²) in [5.74, 6) is 0. The van der Waals surface area contributed by atoms with Crippen LogP contribution in [0.4, 0.5) is 0 Å². The summed E-state index contributed by atoms with van der Waals surface area (Å²) in [6.07, 6.45) is 7.73. The number of aliphatic hydroxyl groups excluding tert-OH is 2. The average molecular weight is 439 g/mol. The van der Waals surface area contributed by atoms with E-state index in [0.717, 1.165) is 11.4 Å². The van der Waals surface area contributed by atoms with Gasteiger partial charge in [-0.05, 0) is 31.5 Å². The maximum Gasteiger partial charge on any atom is 0.117 e. The van der Waals surface area contributed by atoms with E-state index in [-0.39, 0.29) is 49.4 Å². The fraction of sp³-hybridized carbons (Fsp3) is 0.353. The van der Waals surface area contributed by atoms with E-state index in [1.165, 1.54) is 0 Å². The first kappa shape index (κ1) is 21.5. The Labute approximate surface area is 165 Å². The average Bonchev–Trinajstić information content (AvgIpc) is 3.15. The molecule has 143 valence electrons. The van der Waals surface area contributed by atoms with Gasteiger partial charge in [0, 0.05) is 41.3 Å². The van der Waals surface area contributed by atoms with Gasteiger partial charge in [-0.2, -0.15) is 6.67 Å². The zero-order chi connectivity index (χ0) is 16.2. The monoisotopic (exact) mass is 438 g/mol. The number of nitrogens with zero attached hydrogens (tertiary/aromatic N) is 5. The minimum Gasteiger partial charge on any atom is -0.503 e. The number of rotatable bonds is 6. The van der Waals surface area contributed by atoms with Gasteiger partial charge < -0.3 is 37.2 Å². The van der Waals surface area contributed by atoms with Crippen LogP contribution in [0.2, 0.25) is 0 Å². The van der Waals surface area contributed by atoms with Crippen molar-refractivity contribution in [2.45, 2.75) is 26.2 Å². The van der Waals surface area contributed by atoms with E-state index in [4.69, 9.17) is 10.1 Å². The first-order valence-electron chi connectivity index (χ1n) is 7.61. The van der Waals surface area contributed by atoms with Crippen molar-refractivity contribution in [3.05, 3.63) is 68.5 Å².